The lowest BCUT2D eigenvalue weighted by Gasteiger charge is -2.31. The van der Waals surface area contributed by atoms with E-state index in [-0.39, 0.29) is 37.0 Å². The van der Waals surface area contributed by atoms with Crippen molar-refractivity contribution in [3.8, 4) is 23.2 Å². The van der Waals surface area contributed by atoms with E-state index in [0.717, 1.165) is 0 Å². The molecule has 0 aromatic rings. The summed E-state index contributed by atoms with van der Waals surface area (Å²) >= 11 is 0. The van der Waals surface area contributed by atoms with E-state index in [4.69, 9.17) is 0 Å². The highest BCUT2D eigenvalue weighted by Gasteiger charge is 2.28. The Morgan fingerprint density at radius 1 is 0.500 bits per heavy atom. The van der Waals surface area contributed by atoms with Crippen LogP contribution in [0.15, 0.2) is 0 Å². The van der Waals surface area contributed by atoms with Gasteiger partial charge in [-0.3, -0.25) is 0 Å². The lowest BCUT2D eigenvalue weighted by atomic mass is 9.99. The number of hydrogen-bond acceptors (Lipinski definition) is 0. The van der Waals surface area contributed by atoms with Crippen molar-refractivity contribution >= 4 is 15.8 Å². The van der Waals surface area contributed by atoms with Crippen molar-refractivity contribution in [2.75, 3.05) is 12.3 Å². The van der Waals surface area contributed by atoms with Crippen LogP contribution in [0.4, 0.5) is 0 Å². The molecule has 0 bridgehead atoms. The molecule has 0 unspecified atom stereocenters. The highest BCUT2D eigenvalue weighted by atomic mass is 31.1. The molecule has 0 saturated heterocycles. The van der Waals surface area contributed by atoms with Crippen LogP contribution < -0.4 is 0 Å². The lowest BCUT2D eigenvalue weighted by Crippen LogP contribution is -2.18. The summed E-state index contributed by atoms with van der Waals surface area (Å²) in [5.74, 6) is 6.99. The third-order valence-corrected chi connectivity index (χ3v) is 9.00. The zero-order valence-electron chi connectivity index (χ0n) is 18.3. The van der Waals surface area contributed by atoms with Crippen molar-refractivity contribution in [1.82, 2.24) is 0 Å². The fourth-order valence-corrected chi connectivity index (χ4v) is 6.57. The molecule has 24 heavy (non-hydrogen) atoms. The van der Waals surface area contributed by atoms with Gasteiger partial charge in [0, 0.05) is 10.8 Å². The highest BCUT2D eigenvalue weighted by molar-refractivity contribution is 7.68. The van der Waals surface area contributed by atoms with Gasteiger partial charge in [0.25, 0.3) is 0 Å². The fourth-order valence-electron chi connectivity index (χ4n) is 1.79. The van der Waals surface area contributed by atoms with Crippen LogP contribution in [0.2, 0.25) is 0 Å². The molecule has 0 aliphatic carbocycles. The van der Waals surface area contributed by atoms with E-state index in [2.05, 4.69) is 106 Å². The molecule has 0 amide bonds. The Labute approximate surface area is 155 Å². The monoisotopic (exact) mass is 366 g/mol. The normalized spacial score (nSPS) is 15.7. The molecular weight excluding hydrogens is 326 g/mol. The Bertz CT molecular complexity index is 458. The SMILES string of the molecule is CC(C)(C)C#C[P@@](CC[P@](C#CC(C)(C)C)C(C)(C)C)C(C)(C)C. The Morgan fingerprint density at radius 3 is 0.917 bits per heavy atom. The van der Waals surface area contributed by atoms with Crippen LogP contribution in [0.5, 0.6) is 0 Å². The molecule has 0 nitrogen and oxygen atoms in total. The van der Waals surface area contributed by atoms with Gasteiger partial charge in [-0.25, -0.2) is 0 Å². The van der Waals surface area contributed by atoms with Gasteiger partial charge in [-0.1, -0.05) is 64.7 Å². The maximum absolute atomic E-state index is 3.66. The molecule has 0 aliphatic heterocycles. The third kappa shape index (κ3) is 11.5. The smallest absolute Gasteiger partial charge is 0.0233 e. The third-order valence-electron chi connectivity index (χ3n) is 3.30. The summed E-state index contributed by atoms with van der Waals surface area (Å²) < 4.78 is 0. The van der Waals surface area contributed by atoms with E-state index < -0.39 is 0 Å². The molecule has 2 atom stereocenters. The quantitative estimate of drug-likeness (QED) is 0.357. The maximum Gasteiger partial charge on any atom is 0.0233 e. The second-order valence-corrected chi connectivity index (χ2v) is 16.4. The first-order valence-corrected chi connectivity index (χ1v) is 12.1. The Hall–Kier alpha value is -0.0200. The van der Waals surface area contributed by atoms with Crippen LogP contribution in [0.1, 0.15) is 83.1 Å². The van der Waals surface area contributed by atoms with Crippen LogP contribution in [0, 0.1) is 34.0 Å². The second-order valence-electron chi connectivity index (χ2n) is 10.6. The summed E-state index contributed by atoms with van der Waals surface area (Å²) in [6, 6.07) is 0. The summed E-state index contributed by atoms with van der Waals surface area (Å²) in [5, 5.41) is 0.563. The summed E-state index contributed by atoms with van der Waals surface area (Å²) in [6.45, 7) is 27.3. The molecule has 0 aromatic heterocycles. The zero-order valence-corrected chi connectivity index (χ0v) is 20.1. The van der Waals surface area contributed by atoms with E-state index in [1.165, 1.54) is 12.3 Å². The minimum Gasteiger partial charge on any atom is -0.0927 e. The standard InChI is InChI=1S/C22H40P2/c1-19(2,3)13-15-23(21(7,8)9)17-18-24(22(10,11)12)16-14-20(4,5)6/h17-18H2,1-12H3/t23-,24-/m0/s1. The van der Waals surface area contributed by atoms with Crippen LogP contribution in [-0.2, 0) is 0 Å². The first kappa shape index (κ1) is 24.0. The zero-order chi connectivity index (χ0) is 19.4. The first-order valence-electron chi connectivity index (χ1n) is 9.03. The van der Waals surface area contributed by atoms with E-state index >= 15 is 0 Å². The average molecular weight is 367 g/mol. The van der Waals surface area contributed by atoms with E-state index in [0.29, 0.717) is 0 Å². The van der Waals surface area contributed by atoms with Crippen molar-refractivity contribution < 1.29 is 0 Å². The van der Waals surface area contributed by atoms with Crippen LogP contribution in [0.25, 0.3) is 0 Å². The summed E-state index contributed by atoms with van der Waals surface area (Å²) in [6.07, 6.45) is 2.42. The van der Waals surface area contributed by atoms with E-state index in [9.17, 15) is 0 Å². The van der Waals surface area contributed by atoms with Gasteiger partial charge >= 0.3 is 0 Å². The van der Waals surface area contributed by atoms with Gasteiger partial charge in [0.05, 0.1) is 0 Å². The molecule has 0 spiro atoms. The van der Waals surface area contributed by atoms with Crippen molar-refractivity contribution in [3.63, 3.8) is 0 Å². The molecule has 0 aliphatic rings. The van der Waals surface area contributed by atoms with Crippen molar-refractivity contribution in [2.45, 2.75) is 93.4 Å². The van der Waals surface area contributed by atoms with Gasteiger partial charge in [-0.15, -0.1) is 0 Å². The van der Waals surface area contributed by atoms with E-state index in [1.807, 2.05) is 0 Å². The molecule has 0 saturated carbocycles. The van der Waals surface area contributed by atoms with Gasteiger partial charge < -0.3 is 0 Å². The highest BCUT2D eigenvalue weighted by Crippen LogP contribution is 2.55. The van der Waals surface area contributed by atoms with Gasteiger partial charge in [-0.2, -0.15) is 0 Å². The molecule has 0 N–H and O–H groups in total. The van der Waals surface area contributed by atoms with Gasteiger partial charge in [0.2, 0.25) is 0 Å². The predicted octanol–water partition coefficient (Wildman–Crippen LogP) is 7.56. The summed E-state index contributed by atoms with van der Waals surface area (Å²) in [4.78, 5) is 0. The van der Waals surface area contributed by atoms with Gasteiger partial charge in [0.15, 0.2) is 0 Å². The molecule has 0 rings (SSSR count). The number of rotatable bonds is 3. The predicted molar refractivity (Wildman–Crippen MR) is 118 cm³/mol. The van der Waals surface area contributed by atoms with Crippen LogP contribution in [-0.4, -0.2) is 22.6 Å². The minimum atomic E-state index is -0.297. The molecule has 0 radical (unpaired) electrons. The topological polar surface area (TPSA) is 0 Å². The van der Waals surface area contributed by atoms with Crippen LogP contribution in [0.3, 0.4) is 0 Å². The average Bonchev–Trinajstić information content (AvgIpc) is 2.26. The summed E-state index contributed by atoms with van der Waals surface area (Å²) in [5.41, 5.74) is 7.49. The second kappa shape index (κ2) is 8.58. The van der Waals surface area contributed by atoms with Crippen molar-refractivity contribution in [2.24, 2.45) is 10.8 Å². The van der Waals surface area contributed by atoms with Crippen LogP contribution >= 0.6 is 15.8 Å². The Kier molecular flexibility index (Phi) is 8.57. The maximum atomic E-state index is 3.66. The first-order chi connectivity index (χ1) is 10.4. The minimum absolute atomic E-state index is 0.0899. The van der Waals surface area contributed by atoms with Crippen molar-refractivity contribution in [3.05, 3.63) is 0 Å². The van der Waals surface area contributed by atoms with Gasteiger partial charge in [-0.05, 0) is 80.0 Å². The molecular formula is C22H40P2. The number of hydrogen-bond donors (Lipinski definition) is 0. The molecule has 138 valence electrons. The Balaban J connectivity index is 5.32. The fraction of sp³-hybridized carbons (Fsp3) is 0.818. The largest absolute Gasteiger partial charge is 0.0927 e. The van der Waals surface area contributed by atoms with Gasteiger partial charge in [0.1, 0.15) is 0 Å². The molecule has 0 heterocycles. The molecule has 0 aromatic carbocycles. The van der Waals surface area contributed by atoms with Crippen molar-refractivity contribution in [1.29, 1.82) is 0 Å². The Morgan fingerprint density at radius 2 is 0.750 bits per heavy atom. The molecule has 0 fully saturated rings. The lowest BCUT2D eigenvalue weighted by molar-refractivity contribution is 0.571. The molecule has 2 heteroatoms. The van der Waals surface area contributed by atoms with E-state index in [1.54, 1.807) is 0 Å². The summed E-state index contributed by atoms with van der Waals surface area (Å²) in [7, 11) is -0.594.